The number of rotatable bonds is 3. The molecular weight excluding hydrogens is 226 g/mol. The molecule has 0 radical (unpaired) electrons. The first-order valence-corrected chi connectivity index (χ1v) is 7.48. The van der Waals surface area contributed by atoms with Crippen LogP contribution in [0.3, 0.4) is 0 Å². The van der Waals surface area contributed by atoms with Gasteiger partial charge in [0.05, 0.1) is 4.87 Å². The van der Waals surface area contributed by atoms with Crippen LogP contribution in [0.2, 0.25) is 0 Å². The van der Waals surface area contributed by atoms with Crippen molar-refractivity contribution < 1.29 is 0 Å². The van der Waals surface area contributed by atoms with Crippen molar-refractivity contribution in [1.82, 2.24) is 4.90 Å². The Kier molecular flexibility index (Phi) is 3.84. The smallest absolute Gasteiger partial charge is 0.0716 e. The first-order chi connectivity index (χ1) is 8.13. The monoisotopic (exact) mass is 249 g/mol. The van der Waals surface area contributed by atoms with Crippen molar-refractivity contribution in [3.05, 3.63) is 29.8 Å². The fourth-order valence-electron chi connectivity index (χ4n) is 2.78. The molecule has 0 amide bonds. The van der Waals surface area contributed by atoms with Crippen molar-refractivity contribution in [3.63, 3.8) is 0 Å². The summed E-state index contributed by atoms with van der Waals surface area (Å²) in [7, 11) is 0. The van der Waals surface area contributed by atoms with Gasteiger partial charge in [-0.3, -0.25) is 4.90 Å². The van der Waals surface area contributed by atoms with Crippen LogP contribution in [0.4, 0.5) is 0 Å². The lowest BCUT2D eigenvalue weighted by Gasteiger charge is -2.48. The molecule has 0 unspecified atom stereocenters. The van der Waals surface area contributed by atoms with Gasteiger partial charge < -0.3 is 0 Å². The third kappa shape index (κ3) is 2.25. The SMILES string of the molecule is CCC1(CC)Sc2ccccc2CN1C(C)C. The average Bonchev–Trinajstić information content (AvgIpc) is 2.36. The summed E-state index contributed by atoms with van der Waals surface area (Å²) in [5.74, 6) is 0. The Bertz CT molecular complexity index is 382. The van der Waals surface area contributed by atoms with Gasteiger partial charge in [-0.2, -0.15) is 0 Å². The molecule has 1 heterocycles. The minimum absolute atomic E-state index is 0.294. The number of hydrogen-bond acceptors (Lipinski definition) is 2. The first-order valence-electron chi connectivity index (χ1n) is 6.66. The summed E-state index contributed by atoms with van der Waals surface area (Å²) in [5, 5.41) is 0. The normalized spacial score (nSPS) is 19.4. The molecule has 94 valence electrons. The van der Waals surface area contributed by atoms with E-state index in [2.05, 4.69) is 68.6 Å². The Balaban J connectivity index is 2.40. The second-order valence-electron chi connectivity index (χ2n) is 5.08. The summed E-state index contributed by atoms with van der Waals surface area (Å²) in [6.45, 7) is 10.4. The van der Waals surface area contributed by atoms with Crippen LogP contribution in [0.25, 0.3) is 0 Å². The van der Waals surface area contributed by atoms with Crippen LogP contribution < -0.4 is 0 Å². The summed E-state index contributed by atoms with van der Waals surface area (Å²) in [5.41, 5.74) is 1.49. The largest absolute Gasteiger partial charge is 0.282 e. The molecule has 0 saturated heterocycles. The Hall–Kier alpha value is -0.470. The molecule has 1 aromatic carbocycles. The number of nitrogens with zero attached hydrogens (tertiary/aromatic N) is 1. The van der Waals surface area contributed by atoms with Crippen molar-refractivity contribution >= 4 is 11.8 Å². The standard InChI is InChI=1S/C15H23NS/c1-5-15(6-2)16(12(3)4)11-13-9-7-8-10-14(13)17-15/h7-10,12H,5-6,11H2,1-4H3. The zero-order valence-corrected chi connectivity index (χ0v) is 12.2. The fourth-order valence-corrected chi connectivity index (χ4v) is 4.28. The molecule has 0 aliphatic carbocycles. The van der Waals surface area contributed by atoms with Gasteiger partial charge in [-0.15, -0.1) is 11.8 Å². The molecule has 1 aliphatic rings. The highest BCUT2D eigenvalue weighted by atomic mass is 32.2. The van der Waals surface area contributed by atoms with E-state index in [0.29, 0.717) is 10.9 Å². The number of hydrogen-bond donors (Lipinski definition) is 0. The summed E-state index contributed by atoms with van der Waals surface area (Å²) in [6.07, 6.45) is 2.42. The molecule has 0 atom stereocenters. The van der Waals surface area contributed by atoms with Gasteiger partial charge in [-0.25, -0.2) is 0 Å². The predicted octanol–water partition coefficient (Wildman–Crippen LogP) is 4.52. The second-order valence-corrected chi connectivity index (χ2v) is 6.49. The molecule has 1 aromatic rings. The molecule has 0 N–H and O–H groups in total. The third-order valence-corrected chi connectivity index (χ3v) is 5.67. The van der Waals surface area contributed by atoms with Crippen LogP contribution in [-0.4, -0.2) is 15.8 Å². The number of benzene rings is 1. The molecule has 17 heavy (non-hydrogen) atoms. The molecule has 0 fully saturated rings. The maximum absolute atomic E-state index is 2.67. The third-order valence-electron chi connectivity index (χ3n) is 3.86. The van der Waals surface area contributed by atoms with E-state index < -0.39 is 0 Å². The Morgan fingerprint density at radius 1 is 1.24 bits per heavy atom. The highest BCUT2D eigenvalue weighted by molar-refractivity contribution is 8.00. The molecule has 1 nitrogen and oxygen atoms in total. The van der Waals surface area contributed by atoms with Crippen molar-refractivity contribution in [2.24, 2.45) is 0 Å². The average molecular weight is 249 g/mol. The van der Waals surface area contributed by atoms with E-state index in [-0.39, 0.29) is 0 Å². The summed E-state index contributed by atoms with van der Waals surface area (Å²) in [4.78, 5) is 4.44. The predicted molar refractivity (Wildman–Crippen MR) is 76.3 cm³/mol. The van der Waals surface area contributed by atoms with Gasteiger partial charge in [0.25, 0.3) is 0 Å². The van der Waals surface area contributed by atoms with E-state index in [0.717, 1.165) is 6.54 Å². The van der Waals surface area contributed by atoms with Crippen LogP contribution in [0.5, 0.6) is 0 Å². The van der Waals surface area contributed by atoms with E-state index in [1.54, 1.807) is 0 Å². The highest BCUT2D eigenvalue weighted by Crippen LogP contribution is 2.47. The maximum Gasteiger partial charge on any atom is 0.0716 e. The molecule has 2 heteroatoms. The van der Waals surface area contributed by atoms with Crippen molar-refractivity contribution in [2.45, 2.75) is 62.9 Å². The van der Waals surface area contributed by atoms with Gasteiger partial charge in [-0.1, -0.05) is 32.0 Å². The lowest BCUT2D eigenvalue weighted by molar-refractivity contribution is 0.104. The lowest BCUT2D eigenvalue weighted by atomic mass is 10.0. The molecule has 0 spiro atoms. The van der Waals surface area contributed by atoms with Crippen molar-refractivity contribution in [1.29, 1.82) is 0 Å². The zero-order valence-electron chi connectivity index (χ0n) is 11.4. The fraction of sp³-hybridized carbons (Fsp3) is 0.600. The Morgan fingerprint density at radius 2 is 1.88 bits per heavy atom. The highest BCUT2D eigenvalue weighted by Gasteiger charge is 2.39. The molecule has 1 aliphatic heterocycles. The van der Waals surface area contributed by atoms with Crippen LogP contribution in [0.15, 0.2) is 29.2 Å². The molecule has 0 bridgehead atoms. The Labute approximate surface area is 110 Å². The second kappa shape index (κ2) is 5.03. The van der Waals surface area contributed by atoms with Crippen molar-refractivity contribution in [3.8, 4) is 0 Å². The topological polar surface area (TPSA) is 3.24 Å². The summed E-state index contributed by atoms with van der Waals surface area (Å²) < 4.78 is 0. The first kappa shape index (κ1) is 13.0. The Morgan fingerprint density at radius 3 is 2.47 bits per heavy atom. The van der Waals surface area contributed by atoms with Crippen LogP contribution in [0.1, 0.15) is 46.1 Å². The summed E-state index contributed by atoms with van der Waals surface area (Å²) in [6, 6.07) is 9.47. The van der Waals surface area contributed by atoms with Gasteiger partial charge >= 0.3 is 0 Å². The van der Waals surface area contributed by atoms with E-state index in [1.165, 1.54) is 23.3 Å². The minimum atomic E-state index is 0.294. The molecule has 2 rings (SSSR count). The maximum atomic E-state index is 2.67. The number of fused-ring (bicyclic) bond motifs is 1. The number of thioether (sulfide) groups is 1. The minimum Gasteiger partial charge on any atom is -0.282 e. The van der Waals surface area contributed by atoms with E-state index >= 15 is 0 Å². The van der Waals surface area contributed by atoms with E-state index in [1.807, 2.05) is 0 Å². The molecule has 0 saturated carbocycles. The summed E-state index contributed by atoms with van der Waals surface area (Å²) >= 11 is 2.07. The van der Waals surface area contributed by atoms with Crippen LogP contribution >= 0.6 is 11.8 Å². The lowest BCUT2D eigenvalue weighted by Crippen LogP contribution is -2.50. The van der Waals surface area contributed by atoms with E-state index in [9.17, 15) is 0 Å². The van der Waals surface area contributed by atoms with Crippen LogP contribution in [-0.2, 0) is 6.54 Å². The zero-order chi connectivity index (χ0) is 12.5. The van der Waals surface area contributed by atoms with Gasteiger partial charge in [0.15, 0.2) is 0 Å². The van der Waals surface area contributed by atoms with Crippen molar-refractivity contribution in [2.75, 3.05) is 0 Å². The van der Waals surface area contributed by atoms with Gasteiger partial charge in [0, 0.05) is 17.5 Å². The molecular formula is C15H23NS. The quantitative estimate of drug-likeness (QED) is 0.775. The van der Waals surface area contributed by atoms with E-state index in [4.69, 9.17) is 0 Å². The van der Waals surface area contributed by atoms with Gasteiger partial charge in [-0.05, 0) is 38.3 Å². The van der Waals surface area contributed by atoms with Crippen LogP contribution in [0, 0.1) is 0 Å². The van der Waals surface area contributed by atoms with Gasteiger partial charge in [0.1, 0.15) is 0 Å². The van der Waals surface area contributed by atoms with Gasteiger partial charge in [0.2, 0.25) is 0 Å². The molecule has 0 aromatic heterocycles.